The molecule has 0 spiro atoms. The van der Waals surface area contributed by atoms with Crippen molar-refractivity contribution in [1.29, 1.82) is 0 Å². The molecule has 0 saturated carbocycles. The van der Waals surface area contributed by atoms with Gasteiger partial charge in [0.2, 0.25) is 11.8 Å². The second-order valence-electron chi connectivity index (χ2n) is 4.75. The van der Waals surface area contributed by atoms with E-state index in [0.29, 0.717) is 18.5 Å². The summed E-state index contributed by atoms with van der Waals surface area (Å²) in [5.74, 6) is 1.88. The zero-order chi connectivity index (χ0) is 15.5. The Morgan fingerprint density at radius 1 is 1.18 bits per heavy atom. The fourth-order valence-electron chi connectivity index (χ4n) is 2.18. The number of anilines is 1. The average molecular weight is 299 g/mol. The standard InChI is InChI=1S/C15H17N5O2/c1-10-12-5-4-11(21-2)8-13(12)18-15(17-10)19-20-7-6-14(22-3)16-9-20/h4-8H,9H2,1-3H3,(H,17,18,19). The molecule has 3 rings (SSSR count). The molecule has 0 bridgehead atoms. The van der Waals surface area contributed by atoms with Crippen LogP contribution in [-0.2, 0) is 4.74 Å². The molecule has 2 heterocycles. The van der Waals surface area contributed by atoms with Crippen LogP contribution in [0.5, 0.6) is 5.75 Å². The summed E-state index contributed by atoms with van der Waals surface area (Å²) in [5, 5.41) is 2.78. The van der Waals surface area contributed by atoms with Crippen molar-refractivity contribution in [3.05, 3.63) is 36.2 Å². The maximum atomic E-state index is 5.24. The number of ether oxygens (including phenoxy) is 2. The van der Waals surface area contributed by atoms with E-state index in [1.165, 1.54) is 0 Å². The Labute approximate surface area is 128 Å². The van der Waals surface area contributed by atoms with Gasteiger partial charge in [-0.2, -0.15) is 0 Å². The molecule has 2 aromatic rings. The smallest absolute Gasteiger partial charge is 0.242 e. The second-order valence-corrected chi connectivity index (χ2v) is 4.75. The highest BCUT2D eigenvalue weighted by Gasteiger charge is 2.10. The number of aryl methyl sites for hydroxylation is 1. The fourth-order valence-corrected chi connectivity index (χ4v) is 2.18. The first-order valence-corrected chi connectivity index (χ1v) is 6.82. The highest BCUT2D eigenvalue weighted by Crippen LogP contribution is 2.22. The third-order valence-electron chi connectivity index (χ3n) is 3.32. The lowest BCUT2D eigenvalue weighted by molar-refractivity contribution is 0.381. The average Bonchev–Trinajstić information content (AvgIpc) is 2.55. The molecule has 114 valence electrons. The number of methoxy groups -OCH3 is 2. The van der Waals surface area contributed by atoms with Crippen LogP contribution in [0.1, 0.15) is 5.69 Å². The predicted molar refractivity (Wildman–Crippen MR) is 84.7 cm³/mol. The number of aliphatic imine (C=N–C) groups is 1. The van der Waals surface area contributed by atoms with Crippen molar-refractivity contribution in [2.24, 2.45) is 4.99 Å². The zero-order valence-corrected chi connectivity index (χ0v) is 12.7. The maximum absolute atomic E-state index is 5.24. The van der Waals surface area contributed by atoms with Gasteiger partial charge in [0.1, 0.15) is 12.4 Å². The van der Waals surface area contributed by atoms with Gasteiger partial charge in [0, 0.05) is 23.7 Å². The largest absolute Gasteiger partial charge is 0.497 e. The number of hydrazine groups is 1. The third-order valence-corrected chi connectivity index (χ3v) is 3.32. The SMILES string of the molecule is COC1=NCN(Nc2nc(C)c3ccc(OC)cc3n2)C=C1. The normalized spacial score (nSPS) is 14.0. The van der Waals surface area contributed by atoms with Gasteiger partial charge in [-0.25, -0.2) is 15.0 Å². The quantitative estimate of drug-likeness (QED) is 0.936. The van der Waals surface area contributed by atoms with Gasteiger partial charge in [0.15, 0.2) is 0 Å². The maximum Gasteiger partial charge on any atom is 0.242 e. The van der Waals surface area contributed by atoms with Crippen molar-refractivity contribution in [1.82, 2.24) is 15.0 Å². The Morgan fingerprint density at radius 3 is 2.73 bits per heavy atom. The van der Waals surface area contributed by atoms with Gasteiger partial charge in [-0.3, -0.25) is 10.4 Å². The number of nitrogens with one attached hydrogen (secondary N) is 1. The van der Waals surface area contributed by atoms with Crippen molar-refractivity contribution >= 4 is 22.7 Å². The Balaban J connectivity index is 1.85. The molecular formula is C15H17N5O2. The first-order chi connectivity index (χ1) is 10.7. The van der Waals surface area contributed by atoms with Crippen LogP contribution < -0.4 is 10.2 Å². The molecule has 0 fully saturated rings. The van der Waals surface area contributed by atoms with E-state index in [1.807, 2.05) is 31.3 Å². The van der Waals surface area contributed by atoms with E-state index in [1.54, 1.807) is 25.3 Å². The molecule has 0 atom stereocenters. The fraction of sp³-hybridized carbons (Fsp3) is 0.267. The van der Waals surface area contributed by atoms with Crippen LogP contribution in [0, 0.1) is 6.92 Å². The van der Waals surface area contributed by atoms with Crippen LogP contribution in [0.2, 0.25) is 0 Å². The van der Waals surface area contributed by atoms with Gasteiger partial charge in [-0.05, 0) is 19.1 Å². The Kier molecular flexibility index (Phi) is 3.78. The summed E-state index contributed by atoms with van der Waals surface area (Å²) < 4.78 is 10.3. The molecular weight excluding hydrogens is 282 g/mol. The Hall–Kier alpha value is -2.83. The van der Waals surface area contributed by atoms with Crippen molar-refractivity contribution < 1.29 is 9.47 Å². The summed E-state index contributed by atoms with van der Waals surface area (Å²) in [6.07, 6.45) is 3.60. The number of hydrogen-bond acceptors (Lipinski definition) is 7. The topological polar surface area (TPSA) is 71.9 Å². The van der Waals surface area contributed by atoms with E-state index in [-0.39, 0.29) is 0 Å². The highest BCUT2D eigenvalue weighted by atomic mass is 16.5. The number of hydrogen-bond donors (Lipinski definition) is 1. The minimum atomic E-state index is 0.429. The number of nitrogens with zero attached hydrogens (tertiary/aromatic N) is 4. The molecule has 1 N–H and O–H groups in total. The van der Waals surface area contributed by atoms with Gasteiger partial charge in [0.25, 0.3) is 0 Å². The zero-order valence-electron chi connectivity index (χ0n) is 12.7. The van der Waals surface area contributed by atoms with E-state index < -0.39 is 0 Å². The minimum absolute atomic E-state index is 0.429. The molecule has 1 aromatic carbocycles. The highest BCUT2D eigenvalue weighted by molar-refractivity contribution is 5.88. The van der Waals surface area contributed by atoms with Crippen molar-refractivity contribution in [2.45, 2.75) is 6.92 Å². The van der Waals surface area contributed by atoms with Gasteiger partial charge in [-0.1, -0.05) is 0 Å². The van der Waals surface area contributed by atoms with Gasteiger partial charge in [0.05, 0.1) is 25.4 Å². The molecule has 22 heavy (non-hydrogen) atoms. The van der Waals surface area contributed by atoms with Crippen LogP contribution in [0.3, 0.4) is 0 Å². The first-order valence-electron chi connectivity index (χ1n) is 6.82. The lowest BCUT2D eigenvalue weighted by atomic mass is 10.2. The van der Waals surface area contributed by atoms with Crippen LogP contribution in [0.15, 0.2) is 35.5 Å². The molecule has 1 aliphatic rings. The van der Waals surface area contributed by atoms with Gasteiger partial charge in [-0.15, -0.1) is 0 Å². The molecule has 7 nitrogen and oxygen atoms in total. The van der Waals surface area contributed by atoms with Gasteiger partial charge >= 0.3 is 0 Å². The van der Waals surface area contributed by atoms with Crippen LogP contribution in [0.4, 0.5) is 5.95 Å². The van der Waals surface area contributed by atoms with Crippen molar-refractivity contribution in [3.8, 4) is 5.75 Å². The molecule has 0 saturated heterocycles. The first kappa shape index (κ1) is 14.1. The summed E-state index contributed by atoms with van der Waals surface area (Å²) in [6.45, 7) is 2.38. The van der Waals surface area contributed by atoms with Crippen molar-refractivity contribution in [3.63, 3.8) is 0 Å². The van der Waals surface area contributed by atoms with Crippen LogP contribution in [0.25, 0.3) is 10.9 Å². The predicted octanol–water partition coefficient (Wildman–Crippen LogP) is 2.11. The van der Waals surface area contributed by atoms with E-state index in [4.69, 9.17) is 9.47 Å². The second kappa shape index (κ2) is 5.88. The molecule has 0 aliphatic carbocycles. The summed E-state index contributed by atoms with van der Waals surface area (Å²) in [6, 6.07) is 5.76. The molecule has 1 aliphatic heterocycles. The van der Waals surface area contributed by atoms with Gasteiger partial charge < -0.3 is 9.47 Å². The molecule has 0 unspecified atom stereocenters. The van der Waals surface area contributed by atoms with Crippen LogP contribution >= 0.6 is 0 Å². The lowest BCUT2D eigenvalue weighted by Gasteiger charge is -2.22. The number of rotatable bonds is 3. The third kappa shape index (κ3) is 2.78. The van der Waals surface area contributed by atoms with E-state index in [0.717, 1.165) is 22.3 Å². The summed E-state index contributed by atoms with van der Waals surface area (Å²) in [7, 11) is 3.23. The summed E-state index contributed by atoms with van der Waals surface area (Å²) in [4.78, 5) is 13.2. The number of aromatic nitrogens is 2. The van der Waals surface area contributed by atoms with Crippen molar-refractivity contribution in [2.75, 3.05) is 26.3 Å². The Morgan fingerprint density at radius 2 is 2.05 bits per heavy atom. The van der Waals surface area contributed by atoms with E-state index in [9.17, 15) is 0 Å². The summed E-state index contributed by atoms with van der Waals surface area (Å²) in [5.41, 5.74) is 4.85. The minimum Gasteiger partial charge on any atom is -0.497 e. The molecule has 7 heteroatoms. The lowest BCUT2D eigenvalue weighted by Crippen LogP contribution is -2.29. The molecule has 0 amide bonds. The van der Waals surface area contributed by atoms with E-state index >= 15 is 0 Å². The molecule has 0 radical (unpaired) electrons. The number of fused-ring (bicyclic) bond motifs is 1. The van der Waals surface area contributed by atoms with Crippen LogP contribution in [-0.4, -0.2) is 41.8 Å². The summed E-state index contributed by atoms with van der Waals surface area (Å²) >= 11 is 0. The molecule has 1 aromatic heterocycles. The van der Waals surface area contributed by atoms with E-state index in [2.05, 4.69) is 20.4 Å². The Bertz CT molecular complexity index is 757. The number of benzene rings is 1. The monoisotopic (exact) mass is 299 g/mol.